The van der Waals surface area contributed by atoms with Gasteiger partial charge in [-0.2, -0.15) is 0 Å². The summed E-state index contributed by atoms with van der Waals surface area (Å²) in [6, 6.07) is 13.2. The van der Waals surface area contributed by atoms with Crippen LogP contribution in [0.4, 0.5) is 5.69 Å². The molecule has 1 aliphatic carbocycles. The maximum absolute atomic E-state index is 12.3. The molecule has 1 unspecified atom stereocenters. The SMILES string of the molecule is COc1ccc(C)cc1/C=C/C(=O)NC(C)c1ccc(NC(=O)C2CC2)cc1. The number of amides is 2. The molecule has 146 valence electrons. The molecule has 0 heterocycles. The summed E-state index contributed by atoms with van der Waals surface area (Å²) in [4.78, 5) is 24.1. The van der Waals surface area contributed by atoms with Crippen LogP contribution in [0.5, 0.6) is 5.75 Å². The van der Waals surface area contributed by atoms with Crippen molar-refractivity contribution >= 4 is 23.6 Å². The van der Waals surface area contributed by atoms with E-state index in [0.717, 1.165) is 41.0 Å². The molecule has 2 aromatic rings. The number of aryl methyl sites for hydroxylation is 1. The molecule has 0 spiro atoms. The lowest BCUT2D eigenvalue weighted by Crippen LogP contribution is -2.24. The number of benzene rings is 2. The first-order valence-corrected chi connectivity index (χ1v) is 9.50. The molecule has 0 aromatic heterocycles. The molecule has 2 aromatic carbocycles. The van der Waals surface area contributed by atoms with E-state index in [2.05, 4.69) is 10.6 Å². The van der Waals surface area contributed by atoms with Crippen molar-refractivity contribution in [3.05, 3.63) is 65.2 Å². The molecular weight excluding hydrogens is 352 g/mol. The fraction of sp³-hybridized carbons (Fsp3) is 0.304. The van der Waals surface area contributed by atoms with Gasteiger partial charge in [-0.25, -0.2) is 0 Å². The molecule has 0 saturated heterocycles. The zero-order chi connectivity index (χ0) is 20.1. The Bertz CT molecular complexity index is 883. The van der Waals surface area contributed by atoms with E-state index >= 15 is 0 Å². The highest BCUT2D eigenvalue weighted by Gasteiger charge is 2.29. The van der Waals surface area contributed by atoms with Crippen molar-refractivity contribution in [3.8, 4) is 5.75 Å². The Morgan fingerprint density at radius 3 is 2.50 bits per heavy atom. The van der Waals surface area contributed by atoms with E-state index in [9.17, 15) is 9.59 Å². The van der Waals surface area contributed by atoms with E-state index < -0.39 is 0 Å². The van der Waals surface area contributed by atoms with Crippen LogP contribution < -0.4 is 15.4 Å². The highest BCUT2D eigenvalue weighted by atomic mass is 16.5. The monoisotopic (exact) mass is 378 g/mol. The predicted molar refractivity (Wildman–Crippen MR) is 111 cm³/mol. The smallest absolute Gasteiger partial charge is 0.244 e. The number of hydrogen-bond acceptors (Lipinski definition) is 3. The molecule has 1 aliphatic rings. The Kier molecular flexibility index (Phi) is 6.14. The molecule has 0 aliphatic heterocycles. The third-order valence-electron chi connectivity index (χ3n) is 4.78. The molecule has 3 rings (SSSR count). The Hall–Kier alpha value is -3.08. The second kappa shape index (κ2) is 8.74. The van der Waals surface area contributed by atoms with Crippen LogP contribution in [0.3, 0.4) is 0 Å². The van der Waals surface area contributed by atoms with E-state index in [0.29, 0.717) is 0 Å². The van der Waals surface area contributed by atoms with Gasteiger partial charge in [-0.15, -0.1) is 0 Å². The number of methoxy groups -OCH3 is 1. The average Bonchev–Trinajstić information content (AvgIpc) is 3.52. The first-order chi connectivity index (χ1) is 13.5. The van der Waals surface area contributed by atoms with Crippen LogP contribution in [0.25, 0.3) is 6.08 Å². The minimum atomic E-state index is -0.179. The van der Waals surface area contributed by atoms with Gasteiger partial charge in [0, 0.05) is 23.2 Å². The van der Waals surface area contributed by atoms with Crippen LogP contribution in [0, 0.1) is 12.8 Å². The number of nitrogens with one attached hydrogen (secondary N) is 2. The van der Waals surface area contributed by atoms with Crippen LogP contribution >= 0.6 is 0 Å². The lowest BCUT2D eigenvalue weighted by atomic mass is 10.1. The van der Waals surface area contributed by atoms with Gasteiger partial charge in [0.05, 0.1) is 13.2 Å². The van der Waals surface area contributed by atoms with E-state index in [4.69, 9.17) is 4.74 Å². The zero-order valence-electron chi connectivity index (χ0n) is 16.5. The average molecular weight is 378 g/mol. The van der Waals surface area contributed by atoms with Gasteiger partial charge in [0.2, 0.25) is 11.8 Å². The molecule has 5 nitrogen and oxygen atoms in total. The van der Waals surface area contributed by atoms with Gasteiger partial charge in [0.15, 0.2) is 0 Å². The molecule has 1 fully saturated rings. The maximum Gasteiger partial charge on any atom is 0.244 e. The molecule has 0 radical (unpaired) electrons. The quantitative estimate of drug-likeness (QED) is 0.708. The van der Waals surface area contributed by atoms with Crippen molar-refractivity contribution in [1.29, 1.82) is 0 Å². The fourth-order valence-electron chi connectivity index (χ4n) is 2.94. The van der Waals surface area contributed by atoms with Gasteiger partial charge in [0.1, 0.15) is 5.75 Å². The van der Waals surface area contributed by atoms with Crippen LogP contribution in [0.2, 0.25) is 0 Å². The summed E-state index contributed by atoms with van der Waals surface area (Å²) < 4.78 is 5.33. The van der Waals surface area contributed by atoms with Gasteiger partial charge in [-0.3, -0.25) is 9.59 Å². The molecule has 0 bridgehead atoms. The number of hydrogen-bond donors (Lipinski definition) is 2. The van der Waals surface area contributed by atoms with Crippen molar-refractivity contribution in [3.63, 3.8) is 0 Å². The summed E-state index contributed by atoms with van der Waals surface area (Å²) in [6.07, 6.45) is 5.23. The van der Waals surface area contributed by atoms with Crippen LogP contribution in [0.15, 0.2) is 48.5 Å². The molecule has 1 atom stereocenters. The van der Waals surface area contributed by atoms with Crippen LogP contribution in [0.1, 0.15) is 42.5 Å². The zero-order valence-corrected chi connectivity index (χ0v) is 16.5. The standard InChI is InChI=1S/C23H26N2O3/c1-15-4-12-21(28-3)19(14-15)9-13-22(26)24-16(2)17-7-10-20(11-8-17)25-23(27)18-5-6-18/h4,7-14,16,18H,5-6H2,1-3H3,(H,24,26)(H,25,27)/b13-9+. The molecule has 28 heavy (non-hydrogen) atoms. The highest BCUT2D eigenvalue weighted by molar-refractivity contribution is 5.94. The number of rotatable bonds is 7. The lowest BCUT2D eigenvalue weighted by Gasteiger charge is -2.14. The summed E-state index contributed by atoms with van der Waals surface area (Å²) >= 11 is 0. The molecule has 2 N–H and O–H groups in total. The summed E-state index contributed by atoms with van der Waals surface area (Å²) in [5.74, 6) is 0.816. The Morgan fingerprint density at radius 1 is 1.14 bits per heavy atom. The lowest BCUT2D eigenvalue weighted by molar-refractivity contribution is -0.118. The topological polar surface area (TPSA) is 67.4 Å². The summed E-state index contributed by atoms with van der Waals surface area (Å²) in [5, 5.41) is 5.87. The Balaban J connectivity index is 1.57. The van der Waals surface area contributed by atoms with Crippen LogP contribution in [-0.4, -0.2) is 18.9 Å². The second-order valence-electron chi connectivity index (χ2n) is 7.19. The van der Waals surface area contributed by atoms with E-state index in [1.165, 1.54) is 6.08 Å². The Morgan fingerprint density at radius 2 is 1.86 bits per heavy atom. The maximum atomic E-state index is 12.3. The van der Waals surface area contributed by atoms with Gasteiger partial charge in [-0.05, 0) is 62.6 Å². The second-order valence-corrected chi connectivity index (χ2v) is 7.19. The minimum Gasteiger partial charge on any atom is -0.496 e. The summed E-state index contributed by atoms with van der Waals surface area (Å²) in [6.45, 7) is 3.92. The summed E-state index contributed by atoms with van der Waals surface area (Å²) in [5.41, 5.74) is 3.72. The van der Waals surface area contributed by atoms with Crippen molar-refractivity contribution in [1.82, 2.24) is 5.32 Å². The van der Waals surface area contributed by atoms with Gasteiger partial charge in [0.25, 0.3) is 0 Å². The first-order valence-electron chi connectivity index (χ1n) is 9.50. The third-order valence-corrected chi connectivity index (χ3v) is 4.78. The Labute approximate surface area is 165 Å². The largest absolute Gasteiger partial charge is 0.496 e. The van der Waals surface area contributed by atoms with E-state index in [1.54, 1.807) is 13.2 Å². The highest BCUT2D eigenvalue weighted by Crippen LogP contribution is 2.30. The van der Waals surface area contributed by atoms with Gasteiger partial charge in [-0.1, -0.05) is 23.8 Å². The van der Waals surface area contributed by atoms with Gasteiger partial charge >= 0.3 is 0 Å². The van der Waals surface area contributed by atoms with Crippen molar-refractivity contribution in [2.24, 2.45) is 5.92 Å². The number of carbonyl (C=O) groups is 2. The van der Waals surface area contributed by atoms with Crippen molar-refractivity contribution in [2.45, 2.75) is 32.7 Å². The van der Waals surface area contributed by atoms with E-state index in [-0.39, 0.29) is 23.8 Å². The third kappa shape index (κ3) is 5.22. The molecular formula is C23H26N2O3. The van der Waals surface area contributed by atoms with Gasteiger partial charge < -0.3 is 15.4 Å². The number of anilines is 1. The number of ether oxygens (including phenoxy) is 1. The minimum absolute atomic E-state index is 0.0887. The van der Waals surface area contributed by atoms with E-state index in [1.807, 2.05) is 56.3 Å². The van der Waals surface area contributed by atoms with Crippen LogP contribution in [-0.2, 0) is 9.59 Å². The normalized spacial score (nSPS) is 14.5. The fourth-order valence-corrected chi connectivity index (χ4v) is 2.94. The number of carbonyl (C=O) groups excluding carboxylic acids is 2. The molecule has 2 amide bonds. The summed E-state index contributed by atoms with van der Waals surface area (Å²) in [7, 11) is 1.61. The predicted octanol–water partition coefficient (Wildman–Crippen LogP) is 4.24. The first kappa shape index (κ1) is 19.7. The molecule has 5 heteroatoms. The molecule has 1 saturated carbocycles. The van der Waals surface area contributed by atoms with Crippen molar-refractivity contribution < 1.29 is 14.3 Å². The van der Waals surface area contributed by atoms with Crippen molar-refractivity contribution in [2.75, 3.05) is 12.4 Å².